The molecule has 1 aliphatic carbocycles. The van der Waals surface area contributed by atoms with E-state index in [0.717, 1.165) is 16.5 Å². The van der Waals surface area contributed by atoms with Gasteiger partial charge in [-0.1, -0.05) is 18.2 Å². The van der Waals surface area contributed by atoms with E-state index in [4.69, 9.17) is 0 Å². The highest BCUT2D eigenvalue weighted by atomic mass is 32.2. The van der Waals surface area contributed by atoms with Crippen molar-refractivity contribution in [3.05, 3.63) is 58.9 Å². The number of pyridine rings is 1. The Morgan fingerprint density at radius 1 is 1.21 bits per heavy atom. The minimum Gasteiger partial charge on any atom is -0.376 e. The topological polar surface area (TPSA) is 124 Å². The summed E-state index contributed by atoms with van der Waals surface area (Å²) in [6.07, 6.45) is 5.31. The first-order valence-electron chi connectivity index (χ1n) is 9.08. The molecule has 1 N–H and O–H groups in total. The quantitative estimate of drug-likeness (QED) is 0.373. The summed E-state index contributed by atoms with van der Waals surface area (Å²) in [4.78, 5) is 26.2. The van der Waals surface area contributed by atoms with Gasteiger partial charge in [-0.3, -0.25) is 10.1 Å². The Labute approximate surface area is 166 Å². The largest absolute Gasteiger partial charge is 0.376 e. The van der Waals surface area contributed by atoms with Crippen LogP contribution < -0.4 is 5.32 Å². The second-order valence-electron chi connectivity index (χ2n) is 6.99. The van der Waals surface area contributed by atoms with Crippen molar-refractivity contribution in [1.29, 1.82) is 0 Å². The lowest BCUT2D eigenvalue weighted by atomic mass is 10.1. The third kappa shape index (κ3) is 3.35. The van der Waals surface area contributed by atoms with E-state index in [9.17, 15) is 23.3 Å². The molecule has 3 aromatic rings. The molecular formula is C19H18N4O5S. The molecule has 2 heterocycles. The van der Waals surface area contributed by atoms with E-state index < -0.39 is 14.9 Å². The standard InChI is InChI=1S/C19H18N4O5S/c24-12-13-6-7-14(10-13)21-18-16-8-9-22(19(16)20-11-17(18)23(25)26)29(27,28)15-4-2-1-3-5-15/h1-5,8-9,11-14H,6-7,10H2,(H,20,21). The number of anilines is 1. The van der Waals surface area contributed by atoms with Crippen molar-refractivity contribution in [1.82, 2.24) is 8.96 Å². The molecule has 1 fully saturated rings. The molecule has 0 radical (unpaired) electrons. The number of hydrogen-bond acceptors (Lipinski definition) is 7. The summed E-state index contributed by atoms with van der Waals surface area (Å²) >= 11 is 0. The number of nitrogens with zero attached hydrogens (tertiary/aromatic N) is 3. The van der Waals surface area contributed by atoms with Gasteiger partial charge in [0, 0.05) is 18.2 Å². The summed E-state index contributed by atoms with van der Waals surface area (Å²) in [6, 6.07) is 9.30. The summed E-state index contributed by atoms with van der Waals surface area (Å²) in [5.41, 5.74) is 0.0901. The van der Waals surface area contributed by atoms with Crippen molar-refractivity contribution < 1.29 is 18.1 Å². The van der Waals surface area contributed by atoms with E-state index in [2.05, 4.69) is 10.3 Å². The normalized spacial score (nSPS) is 19.3. The number of nitro groups is 1. The van der Waals surface area contributed by atoms with Gasteiger partial charge in [0.1, 0.15) is 18.2 Å². The molecule has 0 aliphatic heterocycles. The van der Waals surface area contributed by atoms with Gasteiger partial charge in [-0.2, -0.15) is 0 Å². The number of aldehydes is 1. The van der Waals surface area contributed by atoms with Gasteiger partial charge in [-0.25, -0.2) is 17.4 Å². The molecule has 9 nitrogen and oxygen atoms in total. The number of nitrogens with one attached hydrogen (secondary N) is 1. The fourth-order valence-corrected chi connectivity index (χ4v) is 5.04. The highest BCUT2D eigenvalue weighted by Crippen LogP contribution is 2.36. The van der Waals surface area contributed by atoms with Crippen molar-refractivity contribution in [2.75, 3.05) is 5.32 Å². The number of aromatic nitrogens is 2. The van der Waals surface area contributed by atoms with Crippen LogP contribution in [0, 0.1) is 16.0 Å². The molecule has 2 unspecified atom stereocenters. The number of fused-ring (bicyclic) bond motifs is 1. The first-order valence-corrected chi connectivity index (χ1v) is 10.5. The zero-order valence-corrected chi connectivity index (χ0v) is 16.1. The molecule has 10 heteroatoms. The van der Waals surface area contributed by atoms with Crippen molar-refractivity contribution >= 4 is 38.7 Å². The maximum absolute atomic E-state index is 13.0. The van der Waals surface area contributed by atoms with Crippen molar-refractivity contribution in [2.24, 2.45) is 5.92 Å². The number of hydrogen-bond donors (Lipinski definition) is 1. The SMILES string of the molecule is O=CC1CCC(Nc2c([N+](=O)[O-])cnc3c2ccn3S(=O)(=O)c2ccccc2)C1. The van der Waals surface area contributed by atoms with E-state index >= 15 is 0 Å². The Kier molecular flexibility index (Phi) is 4.79. The third-order valence-electron chi connectivity index (χ3n) is 5.17. The molecule has 150 valence electrons. The number of carbonyl (C=O) groups excluding carboxylic acids is 1. The summed E-state index contributed by atoms with van der Waals surface area (Å²) in [5.74, 6) is -0.0769. The van der Waals surface area contributed by atoms with Crippen LogP contribution >= 0.6 is 0 Å². The lowest BCUT2D eigenvalue weighted by Gasteiger charge is -2.15. The Hall–Kier alpha value is -3.27. The van der Waals surface area contributed by atoms with Gasteiger partial charge in [-0.15, -0.1) is 0 Å². The predicted octanol–water partition coefficient (Wildman–Crippen LogP) is 2.96. The highest BCUT2D eigenvalue weighted by molar-refractivity contribution is 7.90. The van der Waals surface area contributed by atoms with Crippen LogP contribution in [0.3, 0.4) is 0 Å². The maximum Gasteiger partial charge on any atom is 0.311 e. The van der Waals surface area contributed by atoms with Crippen LogP contribution in [0.5, 0.6) is 0 Å². The van der Waals surface area contributed by atoms with Gasteiger partial charge in [0.05, 0.1) is 15.2 Å². The molecule has 0 spiro atoms. The van der Waals surface area contributed by atoms with Gasteiger partial charge in [0.25, 0.3) is 10.0 Å². The molecule has 0 bridgehead atoms. The predicted molar refractivity (Wildman–Crippen MR) is 106 cm³/mol. The fraction of sp³-hybridized carbons (Fsp3) is 0.263. The lowest BCUT2D eigenvalue weighted by molar-refractivity contribution is -0.384. The smallest absolute Gasteiger partial charge is 0.311 e. The molecule has 1 aromatic carbocycles. The fourth-order valence-electron chi connectivity index (χ4n) is 3.72. The van der Waals surface area contributed by atoms with Crippen LogP contribution in [0.25, 0.3) is 11.0 Å². The average molecular weight is 414 g/mol. The van der Waals surface area contributed by atoms with Gasteiger partial charge >= 0.3 is 5.69 Å². The zero-order chi connectivity index (χ0) is 20.6. The Morgan fingerprint density at radius 2 is 1.97 bits per heavy atom. The van der Waals surface area contributed by atoms with Crippen LogP contribution in [0.1, 0.15) is 19.3 Å². The molecule has 4 rings (SSSR count). The Morgan fingerprint density at radius 3 is 2.62 bits per heavy atom. The van der Waals surface area contributed by atoms with Crippen LogP contribution in [0.15, 0.2) is 53.7 Å². The van der Waals surface area contributed by atoms with Gasteiger partial charge in [-0.05, 0) is 37.5 Å². The monoisotopic (exact) mass is 414 g/mol. The van der Waals surface area contributed by atoms with Gasteiger partial charge in [0.15, 0.2) is 5.65 Å². The first-order chi connectivity index (χ1) is 13.9. The average Bonchev–Trinajstić information content (AvgIpc) is 3.35. The van der Waals surface area contributed by atoms with Crippen molar-refractivity contribution in [3.8, 4) is 0 Å². The van der Waals surface area contributed by atoms with E-state index in [-0.39, 0.29) is 33.9 Å². The molecule has 1 aliphatic rings. The summed E-state index contributed by atoms with van der Waals surface area (Å²) in [5, 5.41) is 15.0. The minimum atomic E-state index is -3.90. The van der Waals surface area contributed by atoms with Crippen LogP contribution in [0.4, 0.5) is 11.4 Å². The third-order valence-corrected chi connectivity index (χ3v) is 6.85. The van der Waals surface area contributed by atoms with Crippen LogP contribution in [-0.4, -0.2) is 34.6 Å². The highest BCUT2D eigenvalue weighted by Gasteiger charge is 2.29. The van der Waals surface area contributed by atoms with Crippen LogP contribution in [-0.2, 0) is 14.8 Å². The summed E-state index contributed by atoms with van der Waals surface area (Å²) in [7, 11) is -3.90. The van der Waals surface area contributed by atoms with E-state index in [1.165, 1.54) is 24.4 Å². The molecule has 0 amide bonds. The van der Waals surface area contributed by atoms with E-state index in [1.807, 2.05) is 0 Å². The first kappa shape index (κ1) is 19.1. The maximum atomic E-state index is 13.0. The molecule has 0 saturated heterocycles. The van der Waals surface area contributed by atoms with E-state index in [1.54, 1.807) is 18.2 Å². The second-order valence-corrected chi connectivity index (χ2v) is 8.81. The van der Waals surface area contributed by atoms with Crippen LogP contribution in [0.2, 0.25) is 0 Å². The Balaban J connectivity index is 1.82. The van der Waals surface area contributed by atoms with Gasteiger partial charge in [0.2, 0.25) is 0 Å². The molecular weight excluding hydrogens is 396 g/mol. The number of rotatable bonds is 6. The number of benzene rings is 1. The molecule has 29 heavy (non-hydrogen) atoms. The number of carbonyl (C=O) groups is 1. The minimum absolute atomic E-state index is 0.0769. The van der Waals surface area contributed by atoms with Crippen molar-refractivity contribution in [2.45, 2.75) is 30.2 Å². The molecule has 2 atom stereocenters. The summed E-state index contributed by atoms with van der Waals surface area (Å²) < 4.78 is 27.0. The second kappa shape index (κ2) is 7.28. The van der Waals surface area contributed by atoms with Crippen molar-refractivity contribution in [3.63, 3.8) is 0 Å². The Bertz CT molecular complexity index is 1190. The molecule has 2 aromatic heterocycles. The lowest BCUT2D eigenvalue weighted by Crippen LogP contribution is -2.17. The van der Waals surface area contributed by atoms with Gasteiger partial charge < -0.3 is 10.1 Å². The van der Waals surface area contributed by atoms with E-state index in [0.29, 0.717) is 24.6 Å². The zero-order valence-electron chi connectivity index (χ0n) is 15.3. The summed E-state index contributed by atoms with van der Waals surface area (Å²) in [6.45, 7) is 0. The molecule has 1 saturated carbocycles.